The zero-order chi connectivity index (χ0) is 12.1. The van der Waals surface area contributed by atoms with Gasteiger partial charge in [0.05, 0.1) is 12.1 Å². The lowest BCUT2D eigenvalue weighted by atomic mass is 10.2. The highest BCUT2D eigenvalue weighted by Gasteiger charge is 2.16. The van der Waals surface area contributed by atoms with E-state index in [9.17, 15) is 13.6 Å². The molecule has 0 atom stereocenters. The van der Waals surface area contributed by atoms with Crippen molar-refractivity contribution in [2.24, 2.45) is 0 Å². The Labute approximate surface area is 91.1 Å². The molecule has 4 nitrogen and oxygen atoms in total. The van der Waals surface area contributed by atoms with Crippen molar-refractivity contribution in [1.82, 2.24) is 9.88 Å². The standard InChI is InChI=1S/C10H9F2N3O/c1-15(6-9(11)12)10(16)8-3-2-7(4-13)5-14-8/h2-3,5,9H,6H2,1H3. The molecule has 6 heteroatoms. The molecule has 16 heavy (non-hydrogen) atoms. The fourth-order valence-corrected chi connectivity index (χ4v) is 1.07. The molecule has 0 radical (unpaired) electrons. The molecule has 0 unspecified atom stereocenters. The summed E-state index contributed by atoms with van der Waals surface area (Å²) in [6.45, 7) is -0.638. The summed E-state index contributed by atoms with van der Waals surface area (Å²) in [6.07, 6.45) is -1.35. The summed E-state index contributed by atoms with van der Waals surface area (Å²) in [6, 6.07) is 4.60. The number of nitriles is 1. The third-order valence-electron chi connectivity index (χ3n) is 1.87. The first kappa shape index (κ1) is 12.0. The van der Waals surface area contributed by atoms with E-state index in [0.29, 0.717) is 5.56 Å². The van der Waals surface area contributed by atoms with Gasteiger partial charge in [-0.2, -0.15) is 5.26 Å². The minimum Gasteiger partial charge on any atom is -0.335 e. The van der Waals surface area contributed by atoms with E-state index in [-0.39, 0.29) is 5.69 Å². The highest BCUT2D eigenvalue weighted by Crippen LogP contribution is 2.04. The van der Waals surface area contributed by atoms with E-state index in [2.05, 4.69) is 4.98 Å². The largest absolute Gasteiger partial charge is 0.335 e. The molecular formula is C10H9F2N3O. The molecule has 1 heterocycles. The van der Waals surface area contributed by atoms with Gasteiger partial charge in [-0.1, -0.05) is 0 Å². The highest BCUT2D eigenvalue weighted by atomic mass is 19.3. The minimum atomic E-state index is -2.58. The van der Waals surface area contributed by atoms with Crippen LogP contribution in [0.25, 0.3) is 0 Å². The maximum atomic E-state index is 12.0. The van der Waals surface area contributed by atoms with Gasteiger partial charge in [0.2, 0.25) is 0 Å². The molecule has 0 aliphatic carbocycles. The molecule has 0 N–H and O–H groups in total. The summed E-state index contributed by atoms with van der Waals surface area (Å²) < 4.78 is 24.0. The summed E-state index contributed by atoms with van der Waals surface area (Å²) in [5.74, 6) is -0.593. The van der Waals surface area contributed by atoms with Crippen LogP contribution in [-0.4, -0.2) is 35.8 Å². The molecule has 0 bridgehead atoms. The summed E-state index contributed by atoms with van der Waals surface area (Å²) in [5, 5.41) is 8.51. The summed E-state index contributed by atoms with van der Waals surface area (Å²) in [7, 11) is 1.27. The third kappa shape index (κ3) is 2.98. The van der Waals surface area contributed by atoms with Crippen LogP contribution in [0, 0.1) is 11.3 Å². The zero-order valence-corrected chi connectivity index (χ0v) is 8.52. The minimum absolute atomic E-state index is 0.0437. The predicted octanol–water partition coefficient (Wildman–Crippen LogP) is 1.29. The van der Waals surface area contributed by atoms with E-state index in [4.69, 9.17) is 5.26 Å². The Bertz CT molecular complexity index is 411. The number of carbonyl (C=O) groups excluding carboxylic acids is 1. The Kier molecular flexibility index (Phi) is 3.89. The fourth-order valence-electron chi connectivity index (χ4n) is 1.07. The average molecular weight is 225 g/mol. The number of amides is 1. The first-order chi connectivity index (χ1) is 7.54. The number of halogens is 2. The van der Waals surface area contributed by atoms with Crippen LogP contribution in [0.3, 0.4) is 0 Å². The van der Waals surface area contributed by atoms with Crippen LogP contribution in [-0.2, 0) is 0 Å². The van der Waals surface area contributed by atoms with Crippen molar-refractivity contribution in [3.63, 3.8) is 0 Å². The summed E-state index contributed by atoms with van der Waals surface area (Å²) in [5.41, 5.74) is 0.357. The molecule has 0 fully saturated rings. The molecule has 0 spiro atoms. The second-order valence-corrected chi connectivity index (χ2v) is 3.12. The molecule has 1 aromatic heterocycles. The molecule has 1 rings (SSSR count). The van der Waals surface area contributed by atoms with Crippen molar-refractivity contribution >= 4 is 5.91 Å². The Morgan fingerprint density at radius 1 is 1.62 bits per heavy atom. The molecule has 0 aromatic carbocycles. The number of aromatic nitrogens is 1. The predicted molar refractivity (Wildman–Crippen MR) is 51.9 cm³/mol. The van der Waals surface area contributed by atoms with Gasteiger partial charge in [0.15, 0.2) is 0 Å². The number of hydrogen-bond acceptors (Lipinski definition) is 3. The van der Waals surface area contributed by atoms with Crippen molar-refractivity contribution in [2.75, 3.05) is 13.6 Å². The van der Waals surface area contributed by atoms with Crippen molar-refractivity contribution in [1.29, 1.82) is 5.26 Å². The average Bonchev–Trinajstić information content (AvgIpc) is 2.27. The van der Waals surface area contributed by atoms with Crippen LogP contribution in [0.4, 0.5) is 8.78 Å². The maximum absolute atomic E-state index is 12.0. The molecule has 0 aliphatic heterocycles. The highest BCUT2D eigenvalue weighted by molar-refractivity contribution is 5.92. The van der Waals surface area contributed by atoms with Gasteiger partial charge in [-0.05, 0) is 12.1 Å². The van der Waals surface area contributed by atoms with E-state index in [0.717, 1.165) is 4.90 Å². The van der Waals surface area contributed by atoms with Crippen molar-refractivity contribution in [2.45, 2.75) is 6.43 Å². The lowest BCUT2D eigenvalue weighted by Crippen LogP contribution is -2.31. The second-order valence-electron chi connectivity index (χ2n) is 3.12. The van der Waals surface area contributed by atoms with Gasteiger partial charge in [0, 0.05) is 13.2 Å². The van der Waals surface area contributed by atoms with E-state index >= 15 is 0 Å². The van der Waals surface area contributed by atoms with E-state index in [1.807, 2.05) is 6.07 Å². The topological polar surface area (TPSA) is 57.0 Å². The van der Waals surface area contributed by atoms with Crippen LogP contribution >= 0.6 is 0 Å². The number of carbonyl (C=O) groups is 1. The van der Waals surface area contributed by atoms with E-state index < -0.39 is 18.9 Å². The molecule has 0 saturated heterocycles. The summed E-state index contributed by atoms with van der Waals surface area (Å²) >= 11 is 0. The van der Waals surface area contributed by atoms with Crippen LogP contribution in [0.15, 0.2) is 18.3 Å². The molecule has 1 amide bonds. The number of hydrogen-bond donors (Lipinski definition) is 0. The van der Waals surface area contributed by atoms with Gasteiger partial charge in [-0.3, -0.25) is 4.79 Å². The first-order valence-corrected chi connectivity index (χ1v) is 4.44. The monoisotopic (exact) mass is 225 g/mol. The second kappa shape index (κ2) is 5.16. The fraction of sp³-hybridized carbons (Fsp3) is 0.300. The molecule has 84 valence electrons. The smallest absolute Gasteiger partial charge is 0.272 e. The Balaban J connectivity index is 2.77. The molecular weight excluding hydrogens is 216 g/mol. The third-order valence-corrected chi connectivity index (χ3v) is 1.87. The van der Waals surface area contributed by atoms with Crippen molar-refractivity contribution in [3.8, 4) is 6.07 Å². The maximum Gasteiger partial charge on any atom is 0.272 e. The van der Waals surface area contributed by atoms with E-state index in [1.165, 1.54) is 25.4 Å². The van der Waals surface area contributed by atoms with Crippen molar-refractivity contribution < 1.29 is 13.6 Å². The SMILES string of the molecule is CN(CC(F)F)C(=O)c1ccc(C#N)cn1. The molecule has 1 aromatic rings. The van der Waals surface area contributed by atoms with Crippen molar-refractivity contribution in [3.05, 3.63) is 29.6 Å². The van der Waals surface area contributed by atoms with Gasteiger partial charge in [0.25, 0.3) is 12.3 Å². The van der Waals surface area contributed by atoms with Gasteiger partial charge in [-0.15, -0.1) is 0 Å². The quantitative estimate of drug-likeness (QED) is 0.778. The Morgan fingerprint density at radius 2 is 2.31 bits per heavy atom. The molecule has 0 saturated carbocycles. The van der Waals surface area contributed by atoms with Gasteiger partial charge < -0.3 is 4.90 Å². The van der Waals surface area contributed by atoms with Crippen LogP contribution in [0.5, 0.6) is 0 Å². The molecule has 0 aliphatic rings. The Hall–Kier alpha value is -2.03. The number of pyridine rings is 1. The van der Waals surface area contributed by atoms with Gasteiger partial charge in [-0.25, -0.2) is 13.8 Å². The first-order valence-electron chi connectivity index (χ1n) is 4.44. The van der Waals surface area contributed by atoms with Gasteiger partial charge >= 0.3 is 0 Å². The zero-order valence-electron chi connectivity index (χ0n) is 8.52. The lowest BCUT2D eigenvalue weighted by molar-refractivity contribution is 0.0615. The van der Waals surface area contributed by atoms with Crippen LogP contribution in [0.2, 0.25) is 0 Å². The normalized spacial score (nSPS) is 9.94. The van der Waals surface area contributed by atoms with Crippen LogP contribution < -0.4 is 0 Å². The number of nitrogens with zero attached hydrogens (tertiary/aromatic N) is 3. The Morgan fingerprint density at radius 3 is 2.75 bits per heavy atom. The van der Waals surface area contributed by atoms with Crippen LogP contribution in [0.1, 0.15) is 16.1 Å². The number of rotatable bonds is 3. The lowest BCUT2D eigenvalue weighted by Gasteiger charge is -2.15. The van der Waals surface area contributed by atoms with Gasteiger partial charge in [0.1, 0.15) is 11.8 Å². The summed E-state index contributed by atoms with van der Waals surface area (Å²) in [4.78, 5) is 16.1. The number of alkyl halides is 2. The van der Waals surface area contributed by atoms with E-state index in [1.54, 1.807) is 0 Å².